The molecule has 0 saturated heterocycles. The van der Waals surface area contributed by atoms with Crippen molar-refractivity contribution in [3.63, 3.8) is 0 Å². The van der Waals surface area contributed by atoms with Gasteiger partial charge in [0.05, 0.1) is 12.2 Å². The van der Waals surface area contributed by atoms with Gasteiger partial charge in [0.25, 0.3) is 0 Å². The van der Waals surface area contributed by atoms with E-state index in [2.05, 4.69) is 21.2 Å². The first-order valence-corrected chi connectivity index (χ1v) is 7.37. The first kappa shape index (κ1) is 12.7. The minimum Gasteiger partial charge on any atom is -0.478 e. The van der Waals surface area contributed by atoms with Crippen molar-refractivity contribution in [3.8, 4) is 5.75 Å². The van der Waals surface area contributed by atoms with Gasteiger partial charge in [0, 0.05) is 15.9 Å². The van der Waals surface area contributed by atoms with E-state index in [1.807, 2.05) is 24.3 Å². The Balaban J connectivity index is 1.68. The molecule has 3 nitrogen and oxygen atoms in total. The van der Waals surface area contributed by atoms with Crippen LogP contribution >= 0.6 is 15.9 Å². The van der Waals surface area contributed by atoms with Crippen molar-refractivity contribution in [3.05, 3.63) is 58.5 Å². The molecule has 2 aromatic carbocycles. The molecule has 1 N–H and O–H groups in total. The Morgan fingerprint density at radius 1 is 1.14 bits per heavy atom. The summed E-state index contributed by atoms with van der Waals surface area (Å²) in [6.45, 7) is 0.539. The quantitative estimate of drug-likeness (QED) is 0.681. The molecule has 1 aliphatic rings. The second-order valence-electron chi connectivity index (χ2n) is 4.96. The van der Waals surface area contributed by atoms with Crippen molar-refractivity contribution in [2.75, 3.05) is 11.9 Å². The molecule has 1 aromatic heterocycles. The van der Waals surface area contributed by atoms with Gasteiger partial charge in [0.15, 0.2) is 6.10 Å². The van der Waals surface area contributed by atoms with Gasteiger partial charge in [0.2, 0.25) is 0 Å². The molecule has 0 radical (unpaired) electrons. The number of hydrogen-bond donors (Lipinski definition) is 1. The number of rotatable bonds is 1. The van der Waals surface area contributed by atoms with Crippen LogP contribution in [0, 0.1) is 5.82 Å². The molecule has 0 fully saturated rings. The number of benzene rings is 2. The average molecular weight is 348 g/mol. The SMILES string of the molecule is Fc1ccc2c(c1)NCC(c1cc3cc(Br)ccc3o1)O2. The summed E-state index contributed by atoms with van der Waals surface area (Å²) in [5, 5.41) is 4.19. The smallest absolute Gasteiger partial charge is 0.173 e. The highest BCUT2D eigenvalue weighted by Gasteiger charge is 2.24. The van der Waals surface area contributed by atoms with E-state index < -0.39 is 0 Å². The Morgan fingerprint density at radius 3 is 2.95 bits per heavy atom. The van der Waals surface area contributed by atoms with Crippen LogP contribution in [-0.4, -0.2) is 6.54 Å². The third kappa shape index (κ3) is 2.27. The van der Waals surface area contributed by atoms with Gasteiger partial charge in [-0.15, -0.1) is 0 Å². The Kier molecular flexibility index (Phi) is 2.89. The van der Waals surface area contributed by atoms with Gasteiger partial charge in [-0.3, -0.25) is 0 Å². The second kappa shape index (κ2) is 4.77. The molecule has 1 atom stereocenters. The topological polar surface area (TPSA) is 34.4 Å². The summed E-state index contributed by atoms with van der Waals surface area (Å²) in [4.78, 5) is 0. The fraction of sp³-hybridized carbons (Fsp3) is 0.125. The van der Waals surface area contributed by atoms with Gasteiger partial charge < -0.3 is 14.5 Å². The van der Waals surface area contributed by atoms with Crippen molar-refractivity contribution < 1.29 is 13.5 Å². The molecule has 0 aliphatic carbocycles. The van der Waals surface area contributed by atoms with Crippen LogP contribution in [0.15, 0.2) is 51.4 Å². The fourth-order valence-electron chi connectivity index (χ4n) is 2.49. The van der Waals surface area contributed by atoms with Crippen molar-refractivity contribution >= 4 is 32.6 Å². The van der Waals surface area contributed by atoms with E-state index in [1.54, 1.807) is 6.07 Å². The lowest BCUT2D eigenvalue weighted by molar-refractivity contribution is 0.183. The number of hydrogen-bond acceptors (Lipinski definition) is 3. The monoisotopic (exact) mass is 347 g/mol. The van der Waals surface area contributed by atoms with Gasteiger partial charge in [-0.25, -0.2) is 4.39 Å². The van der Waals surface area contributed by atoms with E-state index >= 15 is 0 Å². The van der Waals surface area contributed by atoms with E-state index in [1.165, 1.54) is 12.1 Å². The van der Waals surface area contributed by atoms with E-state index in [0.717, 1.165) is 21.2 Å². The predicted molar refractivity (Wildman–Crippen MR) is 82.2 cm³/mol. The molecule has 3 aromatic rings. The average Bonchev–Trinajstić information content (AvgIpc) is 2.89. The van der Waals surface area contributed by atoms with Gasteiger partial charge in [0.1, 0.15) is 22.9 Å². The van der Waals surface area contributed by atoms with Crippen molar-refractivity contribution in [1.82, 2.24) is 0 Å². The molecule has 21 heavy (non-hydrogen) atoms. The first-order valence-electron chi connectivity index (χ1n) is 6.58. The number of ether oxygens (including phenoxy) is 1. The molecule has 1 unspecified atom stereocenters. The van der Waals surface area contributed by atoms with Crippen LogP contribution < -0.4 is 10.1 Å². The standard InChI is InChI=1S/C16H11BrFNO2/c17-10-1-3-13-9(5-10)6-15(20-13)16-8-19-12-7-11(18)2-4-14(12)21-16/h1-7,16,19H,8H2. The third-order valence-corrected chi connectivity index (χ3v) is 4.00. The molecule has 5 heteroatoms. The summed E-state index contributed by atoms with van der Waals surface area (Å²) in [7, 11) is 0. The zero-order valence-electron chi connectivity index (χ0n) is 10.9. The predicted octanol–water partition coefficient (Wildman–Crippen LogP) is 4.88. The maximum atomic E-state index is 13.2. The number of fused-ring (bicyclic) bond motifs is 2. The molecule has 0 bridgehead atoms. The lowest BCUT2D eigenvalue weighted by atomic mass is 10.2. The molecule has 1 aliphatic heterocycles. The van der Waals surface area contributed by atoms with Crippen LogP contribution in [0.5, 0.6) is 5.75 Å². The lowest BCUT2D eigenvalue weighted by Crippen LogP contribution is -2.23. The molecule has 0 saturated carbocycles. The maximum Gasteiger partial charge on any atom is 0.173 e. The summed E-state index contributed by atoms with van der Waals surface area (Å²) in [5.74, 6) is 1.11. The van der Waals surface area contributed by atoms with Gasteiger partial charge >= 0.3 is 0 Å². The Morgan fingerprint density at radius 2 is 2.05 bits per heavy atom. The second-order valence-corrected chi connectivity index (χ2v) is 5.87. The van der Waals surface area contributed by atoms with Gasteiger partial charge in [-0.1, -0.05) is 15.9 Å². The highest BCUT2D eigenvalue weighted by Crippen LogP contribution is 2.36. The molecule has 106 valence electrons. The summed E-state index contributed by atoms with van der Waals surface area (Å²) < 4.78 is 25.9. The largest absolute Gasteiger partial charge is 0.478 e. The molecule has 4 rings (SSSR count). The minimum atomic E-state index is -0.281. The van der Waals surface area contributed by atoms with Crippen LogP contribution in [0.2, 0.25) is 0 Å². The Labute approximate surface area is 128 Å². The molecular weight excluding hydrogens is 337 g/mol. The number of nitrogens with one attached hydrogen (secondary N) is 1. The summed E-state index contributed by atoms with van der Waals surface area (Å²) >= 11 is 3.45. The van der Waals surface area contributed by atoms with E-state index in [-0.39, 0.29) is 11.9 Å². The van der Waals surface area contributed by atoms with Crippen LogP contribution in [0.4, 0.5) is 10.1 Å². The lowest BCUT2D eigenvalue weighted by Gasteiger charge is -2.25. The highest BCUT2D eigenvalue weighted by molar-refractivity contribution is 9.10. The number of furan rings is 1. The van der Waals surface area contributed by atoms with Crippen LogP contribution in [0.25, 0.3) is 11.0 Å². The Bertz CT molecular complexity index is 830. The summed E-state index contributed by atoms with van der Waals surface area (Å²) in [6, 6.07) is 12.3. The number of anilines is 1. The van der Waals surface area contributed by atoms with E-state index in [4.69, 9.17) is 9.15 Å². The van der Waals surface area contributed by atoms with Crippen molar-refractivity contribution in [2.24, 2.45) is 0 Å². The van der Waals surface area contributed by atoms with Gasteiger partial charge in [-0.05, 0) is 36.4 Å². The third-order valence-electron chi connectivity index (χ3n) is 3.50. The first-order chi connectivity index (χ1) is 10.2. The van der Waals surface area contributed by atoms with E-state index in [9.17, 15) is 4.39 Å². The molecule has 2 heterocycles. The summed E-state index contributed by atoms with van der Waals surface area (Å²) in [5.41, 5.74) is 1.49. The van der Waals surface area contributed by atoms with Crippen molar-refractivity contribution in [1.29, 1.82) is 0 Å². The highest BCUT2D eigenvalue weighted by atomic mass is 79.9. The zero-order valence-corrected chi connectivity index (χ0v) is 12.5. The normalized spacial score (nSPS) is 17.1. The van der Waals surface area contributed by atoms with Crippen LogP contribution in [0.3, 0.4) is 0 Å². The molecular formula is C16H11BrFNO2. The van der Waals surface area contributed by atoms with Crippen molar-refractivity contribution in [2.45, 2.75) is 6.10 Å². The number of halogens is 2. The minimum absolute atomic E-state index is 0.228. The van der Waals surface area contributed by atoms with Gasteiger partial charge in [-0.2, -0.15) is 0 Å². The summed E-state index contributed by atoms with van der Waals surface area (Å²) in [6.07, 6.45) is -0.228. The molecule has 0 spiro atoms. The molecule has 0 amide bonds. The fourth-order valence-corrected chi connectivity index (χ4v) is 2.87. The maximum absolute atomic E-state index is 13.2. The van der Waals surface area contributed by atoms with Crippen LogP contribution in [-0.2, 0) is 0 Å². The zero-order chi connectivity index (χ0) is 14.4. The Hall–Kier alpha value is -2.01. The van der Waals surface area contributed by atoms with Crippen LogP contribution in [0.1, 0.15) is 11.9 Å². The van der Waals surface area contributed by atoms with E-state index in [0.29, 0.717) is 18.0 Å².